The van der Waals surface area contributed by atoms with Gasteiger partial charge in [-0.3, -0.25) is 4.90 Å². The molecule has 0 aromatic carbocycles. The Hall–Kier alpha value is -1.67. The van der Waals surface area contributed by atoms with Crippen LogP contribution in [0.4, 0.5) is 5.82 Å². The number of aromatic nitrogens is 2. The fraction of sp³-hybridized carbons (Fsp3) is 0.615. The SMILES string of the molecule is CCN(CC)C1CCN(c2cnc(C#N)cn2)C1. The van der Waals surface area contributed by atoms with Crippen molar-refractivity contribution in [1.82, 2.24) is 14.9 Å². The summed E-state index contributed by atoms with van der Waals surface area (Å²) in [6, 6.07) is 2.60. The van der Waals surface area contributed by atoms with Crippen molar-refractivity contribution < 1.29 is 0 Å². The Kier molecular flexibility index (Phi) is 4.11. The molecule has 2 rings (SSSR count). The molecule has 1 aromatic rings. The van der Waals surface area contributed by atoms with Crippen LogP contribution in [0, 0.1) is 11.3 Å². The zero-order valence-corrected chi connectivity index (χ0v) is 11.0. The van der Waals surface area contributed by atoms with Crippen LogP contribution in [0.1, 0.15) is 26.0 Å². The van der Waals surface area contributed by atoms with Gasteiger partial charge in [-0.05, 0) is 19.5 Å². The summed E-state index contributed by atoms with van der Waals surface area (Å²) in [6.07, 6.45) is 4.41. The van der Waals surface area contributed by atoms with E-state index in [0.29, 0.717) is 11.7 Å². The first-order valence-electron chi connectivity index (χ1n) is 6.49. The molecule has 96 valence electrons. The van der Waals surface area contributed by atoms with Crippen molar-refractivity contribution in [3.63, 3.8) is 0 Å². The van der Waals surface area contributed by atoms with Gasteiger partial charge in [0.25, 0.3) is 0 Å². The molecule has 0 aliphatic carbocycles. The minimum Gasteiger partial charge on any atom is -0.354 e. The number of likely N-dealkylation sites (N-methyl/N-ethyl adjacent to an activating group) is 1. The largest absolute Gasteiger partial charge is 0.354 e. The summed E-state index contributed by atoms with van der Waals surface area (Å²) in [4.78, 5) is 13.1. The lowest BCUT2D eigenvalue weighted by molar-refractivity contribution is 0.232. The minimum absolute atomic E-state index is 0.373. The summed E-state index contributed by atoms with van der Waals surface area (Å²) in [6.45, 7) is 8.60. The third kappa shape index (κ3) is 2.59. The van der Waals surface area contributed by atoms with E-state index in [4.69, 9.17) is 5.26 Å². The van der Waals surface area contributed by atoms with Crippen LogP contribution in [0.25, 0.3) is 0 Å². The van der Waals surface area contributed by atoms with Gasteiger partial charge in [-0.15, -0.1) is 0 Å². The highest BCUT2D eigenvalue weighted by atomic mass is 15.3. The second-order valence-electron chi connectivity index (χ2n) is 4.48. The monoisotopic (exact) mass is 245 g/mol. The number of hydrogen-bond donors (Lipinski definition) is 0. The van der Waals surface area contributed by atoms with E-state index in [-0.39, 0.29) is 0 Å². The van der Waals surface area contributed by atoms with E-state index in [1.165, 1.54) is 6.42 Å². The van der Waals surface area contributed by atoms with Crippen molar-refractivity contribution >= 4 is 5.82 Å². The van der Waals surface area contributed by atoms with E-state index in [9.17, 15) is 0 Å². The maximum absolute atomic E-state index is 8.70. The van der Waals surface area contributed by atoms with E-state index in [2.05, 4.69) is 33.6 Å². The van der Waals surface area contributed by atoms with Crippen molar-refractivity contribution in [2.45, 2.75) is 26.3 Å². The molecule has 5 heteroatoms. The van der Waals surface area contributed by atoms with Crippen molar-refractivity contribution in [3.05, 3.63) is 18.1 Å². The number of rotatable bonds is 4. The maximum Gasteiger partial charge on any atom is 0.158 e. The molecule has 0 saturated carbocycles. The Morgan fingerprint density at radius 1 is 1.39 bits per heavy atom. The number of hydrogen-bond acceptors (Lipinski definition) is 5. The van der Waals surface area contributed by atoms with Gasteiger partial charge in [-0.1, -0.05) is 13.8 Å². The van der Waals surface area contributed by atoms with E-state index in [1.807, 2.05) is 6.07 Å². The van der Waals surface area contributed by atoms with E-state index in [1.54, 1.807) is 12.4 Å². The molecule has 0 spiro atoms. The van der Waals surface area contributed by atoms with Gasteiger partial charge in [-0.2, -0.15) is 5.26 Å². The molecule has 1 unspecified atom stereocenters. The van der Waals surface area contributed by atoms with Crippen molar-refractivity contribution in [2.75, 3.05) is 31.1 Å². The lowest BCUT2D eigenvalue weighted by Crippen LogP contribution is -2.37. The third-order valence-corrected chi connectivity index (χ3v) is 3.57. The van der Waals surface area contributed by atoms with Crippen LogP contribution in [-0.2, 0) is 0 Å². The highest BCUT2D eigenvalue weighted by molar-refractivity contribution is 5.38. The van der Waals surface area contributed by atoms with Gasteiger partial charge in [0.15, 0.2) is 5.69 Å². The van der Waals surface area contributed by atoms with Crippen molar-refractivity contribution in [1.29, 1.82) is 5.26 Å². The Labute approximate surface area is 108 Å². The first-order valence-corrected chi connectivity index (χ1v) is 6.49. The highest BCUT2D eigenvalue weighted by Gasteiger charge is 2.26. The van der Waals surface area contributed by atoms with Gasteiger partial charge in [0.05, 0.1) is 12.4 Å². The fourth-order valence-corrected chi connectivity index (χ4v) is 2.53. The molecule has 2 heterocycles. The standard InChI is InChI=1S/C13H19N5/c1-3-17(4-2)12-5-6-18(10-12)13-9-15-11(7-14)8-16-13/h8-9,12H,3-6,10H2,1-2H3. The molecule has 1 aromatic heterocycles. The zero-order chi connectivity index (χ0) is 13.0. The van der Waals surface area contributed by atoms with Crippen LogP contribution in [0.15, 0.2) is 12.4 Å². The predicted octanol–water partition coefficient (Wildman–Crippen LogP) is 1.27. The van der Waals surface area contributed by atoms with Crippen molar-refractivity contribution in [3.8, 4) is 6.07 Å². The molecule has 1 fully saturated rings. The van der Waals surface area contributed by atoms with Gasteiger partial charge in [0, 0.05) is 19.1 Å². The van der Waals surface area contributed by atoms with Crippen LogP contribution in [0.3, 0.4) is 0 Å². The van der Waals surface area contributed by atoms with Gasteiger partial charge in [0.2, 0.25) is 0 Å². The van der Waals surface area contributed by atoms with Gasteiger partial charge in [-0.25, -0.2) is 9.97 Å². The Bertz CT molecular complexity index is 418. The Morgan fingerprint density at radius 3 is 2.72 bits per heavy atom. The molecule has 1 aliphatic heterocycles. The Balaban J connectivity index is 2.01. The molecule has 1 atom stereocenters. The molecule has 0 N–H and O–H groups in total. The first kappa shape index (κ1) is 12.8. The summed E-state index contributed by atoms with van der Waals surface area (Å²) in [5, 5.41) is 8.70. The quantitative estimate of drug-likeness (QED) is 0.799. The van der Waals surface area contributed by atoms with Gasteiger partial charge >= 0.3 is 0 Å². The van der Waals surface area contributed by atoms with E-state index in [0.717, 1.165) is 32.0 Å². The molecule has 1 aliphatic rings. The predicted molar refractivity (Wildman–Crippen MR) is 70.3 cm³/mol. The second-order valence-corrected chi connectivity index (χ2v) is 4.48. The molecule has 1 saturated heterocycles. The Morgan fingerprint density at radius 2 is 2.17 bits per heavy atom. The third-order valence-electron chi connectivity index (χ3n) is 3.57. The second kappa shape index (κ2) is 5.78. The lowest BCUT2D eigenvalue weighted by atomic mass is 10.2. The lowest BCUT2D eigenvalue weighted by Gasteiger charge is -2.26. The molecule has 0 radical (unpaired) electrons. The fourth-order valence-electron chi connectivity index (χ4n) is 2.53. The average molecular weight is 245 g/mol. The first-order chi connectivity index (χ1) is 8.78. The van der Waals surface area contributed by atoms with Gasteiger partial charge < -0.3 is 4.90 Å². The van der Waals surface area contributed by atoms with Crippen LogP contribution in [-0.4, -0.2) is 47.1 Å². The molecule has 18 heavy (non-hydrogen) atoms. The van der Waals surface area contributed by atoms with E-state index >= 15 is 0 Å². The number of nitrogens with zero attached hydrogens (tertiary/aromatic N) is 5. The number of anilines is 1. The molecular weight excluding hydrogens is 226 g/mol. The molecule has 0 amide bonds. The number of nitriles is 1. The van der Waals surface area contributed by atoms with Crippen molar-refractivity contribution in [2.24, 2.45) is 0 Å². The minimum atomic E-state index is 0.373. The van der Waals surface area contributed by atoms with Crippen LogP contribution < -0.4 is 4.90 Å². The zero-order valence-electron chi connectivity index (χ0n) is 11.0. The van der Waals surface area contributed by atoms with Gasteiger partial charge in [0.1, 0.15) is 11.9 Å². The van der Waals surface area contributed by atoms with Crippen LogP contribution in [0.5, 0.6) is 0 Å². The van der Waals surface area contributed by atoms with Crippen LogP contribution in [0.2, 0.25) is 0 Å². The normalized spacial score (nSPS) is 19.2. The summed E-state index contributed by atoms with van der Waals surface area (Å²) in [5.41, 5.74) is 0.373. The molecule has 5 nitrogen and oxygen atoms in total. The maximum atomic E-state index is 8.70. The smallest absolute Gasteiger partial charge is 0.158 e. The summed E-state index contributed by atoms with van der Waals surface area (Å²) in [7, 11) is 0. The summed E-state index contributed by atoms with van der Waals surface area (Å²) < 4.78 is 0. The average Bonchev–Trinajstić information content (AvgIpc) is 2.90. The summed E-state index contributed by atoms with van der Waals surface area (Å²) >= 11 is 0. The summed E-state index contributed by atoms with van der Waals surface area (Å²) in [5.74, 6) is 0.878. The topological polar surface area (TPSA) is 56.0 Å². The highest BCUT2D eigenvalue weighted by Crippen LogP contribution is 2.20. The molecule has 0 bridgehead atoms. The van der Waals surface area contributed by atoms with Crippen LogP contribution >= 0.6 is 0 Å². The molecular formula is C13H19N5. The van der Waals surface area contributed by atoms with E-state index < -0.39 is 0 Å².